The predicted octanol–water partition coefficient (Wildman–Crippen LogP) is 7.22. The normalized spacial score (nSPS) is 13.6. The minimum Gasteiger partial charge on any atom is -0.478 e. The molecule has 0 bridgehead atoms. The number of carboxylic acid groups (broad SMARTS) is 1. The van der Waals surface area contributed by atoms with Crippen molar-refractivity contribution in [2.24, 2.45) is 11.8 Å². The zero-order valence-electron chi connectivity index (χ0n) is 32.2. The molecule has 2 aliphatic rings. The first-order valence-electron chi connectivity index (χ1n) is 19.7. The van der Waals surface area contributed by atoms with Crippen molar-refractivity contribution in [2.45, 2.75) is 45.1 Å². The van der Waals surface area contributed by atoms with E-state index in [1.807, 2.05) is 24.3 Å². The van der Waals surface area contributed by atoms with Gasteiger partial charge in [0, 0.05) is 36.6 Å². The standard InChI is InChI=1S/C23H21N3O4.C23H23N3O3/c27-21(17-10-11-18(23(29)30)16-8-2-1-7-15(16)17)26-19-9-4-12-24-20(19)22(28)25-13-14-5-3-6-14;27-14-16-10-11-19(18-8-2-1-7-17(16)18)22(28)26-20-9-4-12-24-21(20)23(29)25-13-15-5-3-6-15/h1-2,4,7-12,14H,3,5-6,13H2,(H,25,28)(H,26,27)(H,29,30);1-2,4,7-12,15,27H,3,5-6,13-14H2,(H,25,29)(H,26,28). The Morgan fingerprint density at radius 2 is 0.949 bits per heavy atom. The molecule has 2 heterocycles. The molecule has 2 saturated carbocycles. The van der Waals surface area contributed by atoms with E-state index in [0.717, 1.165) is 42.0 Å². The van der Waals surface area contributed by atoms with E-state index in [1.54, 1.807) is 66.9 Å². The molecule has 2 aliphatic carbocycles. The first kappa shape index (κ1) is 40.2. The van der Waals surface area contributed by atoms with Gasteiger partial charge in [-0.05, 0) is 107 Å². The van der Waals surface area contributed by atoms with E-state index in [1.165, 1.54) is 31.2 Å². The Labute approximate surface area is 340 Å². The maximum absolute atomic E-state index is 13.0. The molecule has 0 radical (unpaired) electrons. The molecule has 0 atom stereocenters. The number of hydrogen-bond donors (Lipinski definition) is 6. The zero-order chi connectivity index (χ0) is 41.3. The number of aliphatic hydroxyl groups excluding tert-OH is 1. The third-order valence-corrected chi connectivity index (χ3v) is 10.9. The fourth-order valence-electron chi connectivity index (χ4n) is 7.17. The number of benzene rings is 4. The van der Waals surface area contributed by atoms with E-state index in [9.17, 15) is 34.2 Å². The molecule has 6 N–H and O–H groups in total. The van der Waals surface area contributed by atoms with Crippen molar-refractivity contribution >= 4 is 62.5 Å². The zero-order valence-corrected chi connectivity index (χ0v) is 32.2. The molecular formula is C46H44N6O7. The van der Waals surface area contributed by atoms with E-state index in [2.05, 4.69) is 31.2 Å². The SMILES string of the molecule is O=C(NCC1CCC1)c1ncccc1NC(=O)c1ccc(C(=O)O)c2ccccc12.O=C(NCC1CCC1)c1ncccc1NC(=O)c1ccc(CO)c2ccccc12. The van der Waals surface area contributed by atoms with Crippen molar-refractivity contribution < 1.29 is 34.2 Å². The fourth-order valence-corrected chi connectivity index (χ4v) is 7.17. The number of carbonyl (C=O) groups excluding carboxylic acids is 4. The number of aromatic nitrogens is 2. The summed E-state index contributed by atoms with van der Waals surface area (Å²) in [4.78, 5) is 70.9. The maximum Gasteiger partial charge on any atom is 0.336 e. The predicted molar refractivity (Wildman–Crippen MR) is 225 cm³/mol. The summed E-state index contributed by atoms with van der Waals surface area (Å²) in [5.74, 6) is -1.39. The summed E-state index contributed by atoms with van der Waals surface area (Å²) < 4.78 is 0. The number of carbonyl (C=O) groups is 5. The summed E-state index contributed by atoms with van der Waals surface area (Å²) in [7, 11) is 0. The number of hydrogen-bond acceptors (Lipinski definition) is 8. The van der Waals surface area contributed by atoms with Crippen LogP contribution >= 0.6 is 0 Å². The van der Waals surface area contributed by atoms with Gasteiger partial charge in [-0.3, -0.25) is 19.2 Å². The van der Waals surface area contributed by atoms with Gasteiger partial charge in [-0.15, -0.1) is 0 Å². The van der Waals surface area contributed by atoms with Gasteiger partial charge in [0.05, 0.1) is 23.5 Å². The van der Waals surface area contributed by atoms with Gasteiger partial charge in [-0.2, -0.15) is 0 Å². The van der Waals surface area contributed by atoms with Crippen LogP contribution in [0.5, 0.6) is 0 Å². The molecule has 4 amide bonds. The van der Waals surface area contributed by atoms with Gasteiger partial charge in [-0.1, -0.05) is 67.4 Å². The maximum atomic E-state index is 13.0. The largest absolute Gasteiger partial charge is 0.478 e. The van der Waals surface area contributed by atoms with Crippen LogP contribution < -0.4 is 21.3 Å². The van der Waals surface area contributed by atoms with Gasteiger partial charge in [0.15, 0.2) is 11.4 Å². The van der Waals surface area contributed by atoms with Crippen molar-refractivity contribution in [3.05, 3.63) is 143 Å². The molecule has 59 heavy (non-hydrogen) atoms. The number of aliphatic hydroxyl groups is 1. The quantitative estimate of drug-likeness (QED) is 0.0740. The number of amides is 4. The second-order valence-electron chi connectivity index (χ2n) is 14.7. The average molecular weight is 793 g/mol. The van der Waals surface area contributed by atoms with Gasteiger partial charge >= 0.3 is 5.97 Å². The Morgan fingerprint density at radius 1 is 0.525 bits per heavy atom. The highest BCUT2D eigenvalue weighted by molar-refractivity contribution is 6.17. The molecular weight excluding hydrogens is 749 g/mol. The van der Waals surface area contributed by atoms with Crippen molar-refractivity contribution in [3.63, 3.8) is 0 Å². The monoisotopic (exact) mass is 792 g/mol. The topological polar surface area (TPSA) is 200 Å². The number of fused-ring (bicyclic) bond motifs is 2. The summed E-state index contributed by atoms with van der Waals surface area (Å²) >= 11 is 0. The lowest BCUT2D eigenvalue weighted by atomic mass is 9.85. The van der Waals surface area contributed by atoms with Crippen LogP contribution in [0.4, 0.5) is 11.4 Å². The number of rotatable bonds is 12. The number of pyridine rings is 2. The number of nitrogens with one attached hydrogen (secondary N) is 4. The molecule has 13 heteroatoms. The molecule has 2 fully saturated rings. The van der Waals surface area contributed by atoms with Crippen molar-refractivity contribution in [3.8, 4) is 0 Å². The molecule has 0 spiro atoms. The Kier molecular flexibility index (Phi) is 12.6. The molecule has 0 aliphatic heterocycles. The number of carboxylic acids is 1. The molecule has 0 saturated heterocycles. The van der Waals surface area contributed by atoms with Gasteiger partial charge in [0.1, 0.15) is 0 Å². The number of aromatic carboxylic acids is 1. The highest BCUT2D eigenvalue weighted by atomic mass is 16.4. The van der Waals surface area contributed by atoms with Gasteiger partial charge < -0.3 is 31.5 Å². The van der Waals surface area contributed by atoms with Crippen LogP contribution in [0.15, 0.2) is 109 Å². The van der Waals surface area contributed by atoms with Gasteiger partial charge in [0.25, 0.3) is 23.6 Å². The van der Waals surface area contributed by atoms with Crippen molar-refractivity contribution in [2.75, 3.05) is 23.7 Å². The summed E-state index contributed by atoms with van der Waals surface area (Å²) in [6.45, 7) is 1.14. The Hall–Kier alpha value is -6.99. The van der Waals surface area contributed by atoms with Crippen LogP contribution in [0, 0.1) is 11.8 Å². The second kappa shape index (κ2) is 18.5. The molecule has 2 aromatic heterocycles. The van der Waals surface area contributed by atoms with Crippen molar-refractivity contribution in [1.82, 2.24) is 20.6 Å². The van der Waals surface area contributed by atoms with E-state index in [0.29, 0.717) is 58.2 Å². The summed E-state index contributed by atoms with van der Waals surface area (Å²) in [5, 5.41) is 32.9. The lowest BCUT2D eigenvalue weighted by Crippen LogP contribution is -2.33. The van der Waals surface area contributed by atoms with Crippen LogP contribution in [-0.2, 0) is 6.61 Å². The first-order valence-corrected chi connectivity index (χ1v) is 19.7. The molecule has 13 nitrogen and oxygen atoms in total. The lowest BCUT2D eigenvalue weighted by molar-refractivity contribution is 0.0697. The molecule has 0 unspecified atom stereocenters. The number of nitrogens with zero attached hydrogens (tertiary/aromatic N) is 2. The van der Waals surface area contributed by atoms with Crippen LogP contribution in [-0.4, -0.2) is 62.9 Å². The van der Waals surface area contributed by atoms with E-state index in [-0.39, 0.29) is 41.3 Å². The number of anilines is 2. The summed E-state index contributed by atoms with van der Waals surface area (Å²) in [5.41, 5.74) is 2.71. The minimum atomic E-state index is -1.06. The summed E-state index contributed by atoms with van der Waals surface area (Å²) in [6.07, 6.45) is 9.97. The first-order chi connectivity index (χ1) is 28.7. The van der Waals surface area contributed by atoms with Crippen LogP contribution in [0.1, 0.15) is 96.1 Å². The highest BCUT2D eigenvalue weighted by Gasteiger charge is 2.23. The molecule has 4 aromatic carbocycles. The van der Waals surface area contributed by atoms with E-state index < -0.39 is 11.9 Å². The Bertz CT molecular complexity index is 2550. The van der Waals surface area contributed by atoms with Gasteiger partial charge in [-0.25, -0.2) is 14.8 Å². The van der Waals surface area contributed by atoms with E-state index >= 15 is 0 Å². The van der Waals surface area contributed by atoms with Crippen LogP contribution in [0.25, 0.3) is 21.5 Å². The molecule has 300 valence electrons. The second-order valence-corrected chi connectivity index (χ2v) is 14.7. The fraction of sp³-hybridized carbons (Fsp3) is 0.239. The van der Waals surface area contributed by atoms with Crippen LogP contribution in [0.2, 0.25) is 0 Å². The molecule has 8 rings (SSSR count). The molecule has 6 aromatic rings. The Morgan fingerprint density at radius 3 is 1.39 bits per heavy atom. The van der Waals surface area contributed by atoms with E-state index in [4.69, 9.17) is 0 Å². The smallest absolute Gasteiger partial charge is 0.336 e. The van der Waals surface area contributed by atoms with Gasteiger partial charge in [0.2, 0.25) is 0 Å². The Balaban J connectivity index is 0.000000179. The lowest BCUT2D eigenvalue weighted by Gasteiger charge is -2.25. The highest BCUT2D eigenvalue weighted by Crippen LogP contribution is 2.28. The third kappa shape index (κ3) is 9.26. The van der Waals surface area contributed by atoms with Crippen LogP contribution in [0.3, 0.4) is 0 Å². The van der Waals surface area contributed by atoms with Crippen molar-refractivity contribution in [1.29, 1.82) is 0 Å². The summed E-state index contributed by atoms with van der Waals surface area (Å²) in [6, 6.07) is 27.2. The third-order valence-electron chi connectivity index (χ3n) is 10.9. The minimum absolute atomic E-state index is 0.101. The average Bonchev–Trinajstić information content (AvgIpc) is 3.22.